The molecule has 5 nitrogen and oxygen atoms in total. The van der Waals surface area contributed by atoms with Gasteiger partial charge in [-0.15, -0.1) is 0 Å². The molecular formula is C19H20BrN3O2S. The van der Waals surface area contributed by atoms with E-state index in [0.717, 1.165) is 38.9 Å². The highest BCUT2D eigenvalue weighted by Gasteiger charge is 2.44. The van der Waals surface area contributed by atoms with E-state index in [1.54, 1.807) is 14.2 Å². The van der Waals surface area contributed by atoms with E-state index in [1.807, 2.05) is 42.2 Å². The van der Waals surface area contributed by atoms with E-state index < -0.39 is 0 Å². The summed E-state index contributed by atoms with van der Waals surface area (Å²) in [5.74, 6) is 1.56. The summed E-state index contributed by atoms with van der Waals surface area (Å²) in [4.78, 5) is 12.0. The van der Waals surface area contributed by atoms with Crippen LogP contribution in [0.4, 0.5) is 0 Å². The van der Waals surface area contributed by atoms with Crippen molar-refractivity contribution >= 4 is 32.9 Å². The number of nitrogens with zero attached hydrogens (tertiary/aromatic N) is 3. The third kappa shape index (κ3) is 2.97. The Hall–Kier alpha value is -1.73. The maximum atomic E-state index is 5.71. The van der Waals surface area contributed by atoms with E-state index in [2.05, 4.69) is 38.8 Å². The molecule has 0 unspecified atom stereocenters. The van der Waals surface area contributed by atoms with Crippen molar-refractivity contribution in [1.82, 2.24) is 9.88 Å². The number of aromatic nitrogens is 1. The molecule has 1 aromatic carbocycles. The van der Waals surface area contributed by atoms with Crippen molar-refractivity contribution < 1.29 is 9.47 Å². The van der Waals surface area contributed by atoms with Gasteiger partial charge in [-0.3, -0.25) is 9.98 Å². The lowest BCUT2D eigenvalue weighted by Gasteiger charge is -2.29. The van der Waals surface area contributed by atoms with Crippen molar-refractivity contribution in [2.75, 3.05) is 20.8 Å². The zero-order chi connectivity index (χ0) is 18.3. The van der Waals surface area contributed by atoms with Gasteiger partial charge in [-0.2, -0.15) is 0 Å². The number of ether oxygens (including phenoxy) is 2. The number of hydrogen-bond donors (Lipinski definition) is 0. The van der Waals surface area contributed by atoms with Crippen molar-refractivity contribution in [3.63, 3.8) is 0 Å². The molecule has 136 valence electrons. The fourth-order valence-corrected chi connectivity index (χ4v) is 5.18. The van der Waals surface area contributed by atoms with Gasteiger partial charge in [0.15, 0.2) is 5.17 Å². The average Bonchev–Trinajstić information content (AvgIpc) is 3.18. The Labute approximate surface area is 165 Å². The lowest BCUT2D eigenvalue weighted by molar-refractivity contribution is 0.306. The first-order chi connectivity index (χ1) is 12.6. The Balaban J connectivity index is 1.83. The highest BCUT2D eigenvalue weighted by atomic mass is 79.9. The number of methoxy groups -OCH3 is 2. The number of amidine groups is 1. The molecule has 2 aromatic rings. The monoisotopic (exact) mass is 433 g/mol. The Morgan fingerprint density at radius 1 is 1.19 bits per heavy atom. The van der Waals surface area contributed by atoms with Crippen molar-refractivity contribution in [2.24, 2.45) is 4.99 Å². The number of benzene rings is 1. The van der Waals surface area contributed by atoms with Gasteiger partial charge in [-0.1, -0.05) is 24.8 Å². The second-order valence-electron chi connectivity index (χ2n) is 6.37. The summed E-state index contributed by atoms with van der Waals surface area (Å²) >= 11 is 5.45. The molecule has 0 saturated carbocycles. The van der Waals surface area contributed by atoms with Crippen LogP contribution in [0.15, 0.2) is 46.0 Å². The quantitative estimate of drug-likeness (QED) is 0.712. The van der Waals surface area contributed by atoms with Crippen molar-refractivity contribution in [3.8, 4) is 11.5 Å². The molecule has 26 heavy (non-hydrogen) atoms. The van der Waals surface area contributed by atoms with Crippen molar-refractivity contribution in [3.05, 3.63) is 52.3 Å². The summed E-state index contributed by atoms with van der Waals surface area (Å²) in [7, 11) is 3.35. The van der Waals surface area contributed by atoms with Crippen molar-refractivity contribution in [1.29, 1.82) is 0 Å². The van der Waals surface area contributed by atoms with Gasteiger partial charge in [-0.25, -0.2) is 0 Å². The first kappa shape index (κ1) is 17.7. The molecular weight excluding hydrogens is 414 g/mol. The topological polar surface area (TPSA) is 47.0 Å². The highest BCUT2D eigenvalue weighted by Crippen LogP contribution is 2.50. The second-order valence-corrected chi connectivity index (χ2v) is 8.63. The van der Waals surface area contributed by atoms with Gasteiger partial charge in [0.25, 0.3) is 0 Å². The molecule has 0 radical (unpaired) electrons. The third-order valence-corrected chi connectivity index (χ3v) is 6.43. The Morgan fingerprint density at radius 2 is 2.00 bits per heavy atom. The zero-order valence-corrected chi connectivity index (χ0v) is 17.3. The van der Waals surface area contributed by atoms with E-state index in [0.29, 0.717) is 5.25 Å². The molecule has 4 rings (SSSR count). The van der Waals surface area contributed by atoms with Crippen LogP contribution >= 0.6 is 27.7 Å². The fourth-order valence-electron chi connectivity index (χ4n) is 3.57. The predicted octanol–water partition coefficient (Wildman–Crippen LogP) is 4.45. The SMILES string of the molecule is COc1cc(OC)c([C@@H]2[C@@H](c3ccccn3)N=C3S[C@@H](C)CN32)cc1Br. The lowest BCUT2D eigenvalue weighted by Crippen LogP contribution is -2.29. The predicted molar refractivity (Wildman–Crippen MR) is 108 cm³/mol. The Bertz CT molecular complexity index is 846. The van der Waals surface area contributed by atoms with Crippen LogP contribution in [0.1, 0.15) is 30.3 Å². The van der Waals surface area contributed by atoms with Crippen LogP contribution in [-0.4, -0.2) is 41.1 Å². The largest absolute Gasteiger partial charge is 0.496 e. The molecule has 0 aliphatic carbocycles. The van der Waals surface area contributed by atoms with Crippen LogP contribution in [-0.2, 0) is 0 Å². The zero-order valence-electron chi connectivity index (χ0n) is 14.8. The van der Waals surface area contributed by atoms with E-state index >= 15 is 0 Å². The first-order valence-corrected chi connectivity index (χ1v) is 10.1. The average molecular weight is 434 g/mol. The lowest BCUT2D eigenvalue weighted by atomic mass is 9.95. The van der Waals surface area contributed by atoms with Gasteiger partial charge >= 0.3 is 0 Å². The summed E-state index contributed by atoms with van der Waals surface area (Å²) in [6, 6.07) is 10.0. The molecule has 2 aliphatic heterocycles. The molecule has 1 fully saturated rings. The molecule has 7 heteroatoms. The van der Waals surface area contributed by atoms with Gasteiger partial charge in [0.1, 0.15) is 17.5 Å². The van der Waals surface area contributed by atoms with Crippen LogP contribution < -0.4 is 9.47 Å². The number of aliphatic imine (C=N–C) groups is 1. The van der Waals surface area contributed by atoms with Crippen LogP contribution in [0.3, 0.4) is 0 Å². The molecule has 0 spiro atoms. The standard InChI is InChI=1S/C19H20BrN3O2S/c1-11-10-23-18(12-8-13(20)16(25-3)9-15(12)24-2)17(22-19(23)26-11)14-6-4-5-7-21-14/h4-9,11,17-18H,10H2,1-3H3/t11-,17+,18+/m0/s1. The molecule has 1 aromatic heterocycles. The van der Waals surface area contributed by atoms with Gasteiger partial charge in [0.05, 0.1) is 30.4 Å². The summed E-state index contributed by atoms with van der Waals surface area (Å²) < 4.78 is 12.1. The molecule has 3 atom stereocenters. The minimum Gasteiger partial charge on any atom is -0.496 e. The van der Waals surface area contributed by atoms with E-state index in [9.17, 15) is 0 Å². The number of hydrogen-bond acceptors (Lipinski definition) is 6. The van der Waals surface area contributed by atoms with Crippen LogP contribution in [0.25, 0.3) is 0 Å². The van der Waals surface area contributed by atoms with Crippen LogP contribution in [0.5, 0.6) is 11.5 Å². The highest BCUT2D eigenvalue weighted by molar-refractivity contribution is 9.10. The minimum atomic E-state index is -0.0552. The molecule has 0 bridgehead atoms. The maximum Gasteiger partial charge on any atom is 0.160 e. The summed E-state index contributed by atoms with van der Waals surface area (Å²) in [6.45, 7) is 3.20. The van der Waals surface area contributed by atoms with E-state index in [1.165, 1.54) is 0 Å². The number of pyridine rings is 1. The smallest absolute Gasteiger partial charge is 0.160 e. The van der Waals surface area contributed by atoms with Gasteiger partial charge < -0.3 is 14.4 Å². The maximum absolute atomic E-state index is 5.71. The third-order valence-electron chi connectivity index (χ3n) is 4.70. The van der Waals surface area contributed by atoms with Gasteiger partial charge in [0, 0.05) is 29.6 Å². The van der Waals surface area contributed by atoms with Crippen LogP contribution in [0, 0.1) is 0 Å². The first-order valence-electron chi connectivity index (χ1n) is 8.45. The van der Waals surface area contributed by atoms with Crippen molar-refractivity contribution in [2.45, 2.75) is 24.3 Å². The normalized spacial score (nSPS) is 24.4. The number of thioether (sulfide) groups is 1. The Kier molecular flexibility index (Phi) is 4.84. The molecule has 0 N–H and O–H groups in total. The number of halogens is 1. The van der Waals surface area contributed by atoms with Gasteiger partial charge in [-0.05, 0) is 34.1 Å². The van der Waals surface area contributed by atoms with Crippen LogP contribution in [0.2, 0.25) is 0 Å². The summed E-state index contributed by atoms with van der Waals surface area (Å²) in [5.41, 5.74) is 2.06. The molecule has 0 amide bonds. The summed E-state index contributed by atoms with van der Waals surface area (Å²) in [5, 5.41) is 1.61. The molecule has 3 heterocycles. The molecule has 1 saturated heterocycles. The van der Waals surface area contributed by atoms with Gasteiger partial charge in [0.2, 0.25) is 0 Å². The summed E-state index contributed by atoms with van der Waals surface area (Å²) in [6.07, 6.45) is 1.83. The number of fused-ring (bicyclic) bond motifs is 1. The van der Waals surface area contributed by atoms with E-state index in [-0.39, 0.29) is 12.1 Å². The number of rotatable bonds is 4. The fraction of sp³-hybridized carbons (Fsp3) is 0.368. The second kappa shape index (κ2) is 7.12. The minimum absolute atomic E-state index is 0.0505. The Morgan fingerprint density at radius 3 is 2.69 bits per heavy atom. The van der Waals surface area contributed by atoms with E-state index in [4.69, 9.17) is 14.5 Å². The molecule has 2 aliphatic rings.